The summed E-state index contributed by atoms with van der Waals surface area (Å²) in [7, 11) is 1.58. The fourth-order valence-corrected chi connectivity index (χ4v) is 1.86. The Balaban J connectivity index is 2.11. The van der Waals surface area contributed by atoms with Crippen LogP contribution < -0.4 is 9.47 Å². The van der Waals surface area contributed by atoms with Gasteiger partial charge in [-0.05, 0) is 29.8 Å². The van der Waals surface area contributed by atoms with Crippen molar-refractivity contribution in [3.8, 4) is 11.5 Å². The highest BCUT2D eigenvalue weighted by Crippen LogP contribution is 2.17. The van der Waals surface area contributed by atoms with Crippen LogP contribution in [-0.2, 0) is 11.2 Å². The van der Waals surface area contributed by atoms with Gasteiger partial charge in [0.1, 0.15) is 11.5 Å². The molecule has 1 atom stereocenters. The zero-order chi connectivity index (χ0) is 14.4. The average molecular weight is 272 g/mol. The quantitative estimate of drug-likeness (QED) is 0.878. The van der Waals surface area contributed by atoms with E-state index < -0.39 is 12.1 Å². The number of carboxylic acid groups (broad SMARTS) is 1. The number of rotatable bonds is 6. The molecule has 0 radical (unpaired) electrons. The molecule has 1 N–H and O–H groups in total. The van der Waals surface area contributed by atoms with Gasteiger partial charge in [0.25, 0.3) is 0 Å². The molecular weight excluding hydrogens is 256 g/mol. The molecular formula is C16H16O4. The van der Waals surface area contributed by atoms with Crippen LogP contribution in [0.4, 0.5) is 0 Å². The topological polar surface area (TPSA) is 55.8 Å². The van der Waals surface area contributed by atoms with Gasteiger partial charge in [0.2, 0.25) is 0 Å². The van der Waals surface area contributed by atoms with E-state index in [2.05, 4.69) is 0 Å². The summed E-state index contributed by atoms with van der Waals surface area (Å²) >= 11 is 0. The molecule has 0 spiro atoms. The highest BCUT2D eigenvalue weighted by atomic mass is 16.5. The van der Waals surface area contributed by atoms with Gasteiger partial charge in [-0.3, -0.25) is 0 Å². The fraction of sp³-hybridized carbons (Fsp3) is 0.188. The predicted octanol–water partition coefficient (Wildman–Crippen LogP) is 2.77. The number of hydrogen-bond acceptors (Lipinski definition) is 3. The predicted molar refractivity (Wildman–Crippen MR) is 75.2 cm³/mol. The Morgan fingerprint density at radius 2 is 1.80 bits per heavy atom. The van der Waals surface area contributed by atoms with Crippen molar-refractivity contribution in [2.75, 3.05) is 7.11 Å². The molecule has 0 amide bonds. The van der Waals surface area contributed by atoms with Crippen LogP contribution in [0.3, 0.4) is 0 Å². The van der Waals surface area contributed by atoms with Gasteiger partial charge in [0.05, 0.1) is 7.11 Å². The molecule has 0 aliphatic heterocycles. The zero-order valence-electron chi connectivity index (χ0n) is 11.2. The van der Waals surface area contributed by atoms with E-state index in [0.29, 0.717) is 11.5 Å². The Kier molecular flexibility index (Phi) is 4.60. The van der Waals surface area contributed by atoms with Crippen molar-refractivity contribution >= 4 is 5.97 Å². The summed E-state index contributed by atoms with van der Waals surface area (Å²) in [4.78, 5) is 11.3. The Morgan fingerprint density at radius 3 is 2.45 bits per heavy atom. The van der Waals surface area contributed by atoms with Crippen molar-refractivity contribution < 1.29 is 19.4 Å². The van der Waals surface area contributed by atoms with E-state index in [0.717, 1.165) is 5.56 Å². The Labute approximate surface area is 117 Å². The maximum atomic E-state index is 11.3. The molecule has 0 bridgehead atoms. The monoisotopic (exact) mass is 272 g/mol. The molecule has 0 fully saturated rings. The minimum absolute atomic E-state index is 0.279. The van der Waals surface area contributed by atoms with E-state index >= 15 is 0 Å². The van der Waals surface area contributed by atoms with Crippen molar-refractivity contribution in [3.05, 3.63) is 60.2 Å². The van der Waals surface area contributed by atoms with E-state index in [4.69, 9.17) is 9.47 Å². The van der Waals surface area contributed by atoms with E-state index in [1.54, 1.807) is 31.4 Å². The minimum Gasteiger partial charge on any atom is -0.497 e. The third kappa shape index (κ3) is 3.75. The lowest BCUT2D eigenvalue weighted by molar-refractivity contribution is -0.145. The lowest BCUT2D eigenvalue weighted by atomic mass is 10.1. The summed E-state index contributed by atoms with van der Waals surface area (Å²) in [6.07, 6.45) is -0.647. The van der Waals surface area contributed by atoms with Crippen LogP contribution in [0, 0.1) is 0 Å². The summed E-state index contributed by atoms with van der Waals surface area (Å²) in [5.74, 6) is 0.255. The van der Waals surface area contributed by atoms with Gasteiger partial charge in [0.15, 0.2) is 6.10 Å². The second-order valence-corrected chi connectivity index (χ2v) is 4.31. The molecule has 0 aliphatic rings. The van der Waals surface area contributed by atoms with Gasteiger partial charge >= 0.3 is 5.97 Å². The highest BCUT2D eigenvalue weighted by molar-refractivity contribution is 5.73. The van der Waals surface area contributed by atoms with Crippen molar-refractivity contribution in [1.82, 2.24) is 0 Å². The average Bonchev–Trinajstić information content (AvgIpc) is 2.48. The highest BCUT2D eigenvalue weighted by Gasteiger charge is 2.20. The number of benzene rings is 2. The number of carbonyl (C=O) groups is 1. The summed E-state index contributed by atoms with van der Waals surface area (Å²) in [6.45, 7) is 0. The molecule has 20 heavy (non-hydrogen) atoms. The largest absolute Gasteiger partial charge is 0.497 e. The molecule has 104 valence electrons. The fourth-order valence-electron chi connectivity index (χ4n) is 1.86. The lowest BCUT2D eigenvalue weighted by Gasteiger charge is -2.15. The summed E-state index contributed by atoms with van der Waals surface area (Å²) in [6, 6.07) is 16.2. The van der Waals surface area contributed by atoms with Crippen LogP contribution in [-0.4, -0.2) is 24.3 Å². The molecule has 4 heteroatoms. The summed E-state index contributed by atoms with van der Waals surface area (Å²) in [5, 5.41) is 9.27. The zero-order valence-corrected chi connectivity index (χ0v) is 11.2. The first-order chi connectivity index (χ1) is 9.69. The second kappa shape index (κ2) is 6.61. The molecule has 0 unspecified atom stereocenters. The number of aliphatic carboxylic acids is 1. The van der Waals surface area contributed by atoms with E-state index in [1.807, 2.05) is 30.3 Å². The number of ether oxygens (including phenoxy) is 2. The molecule has 0 saturated heterocycles. The van der Waals surface area contributed by atoms with E-state index in [-0.39, 0.29) is 6.42 Å². The lowest BCUT2D eigenvalue weighted by Crippen LogP contribution is -2.29. The molecule has 2 aromatic carbocycles. The van der Waals surface area contributed by atoms with Gasteiger partial charge < -0.3 is 14.6 Å². The molecule has 2 aromatic rings. The number of methoxy groups -OCH3 is 1. The van der Waals surface area contributed by atoms with Crippen molar-refractivity contribution in [2.24, 2.45) is 0 Å². The van der Waals surface area contributed by atoms with Crippen LogP contribution >= 0.6 is 0 Å². The standard InChI is InChI=1S/C16H16O4/c1-19-14-9-5-6-12(10-14)11-15(16(17)18)20-13-7-3-2-4-8-13/h2-10,15H,11H2,1H3,(H,17,18)/t15-/m0/s1. The molecule has 0 saturated carbocycles. The van der Waals surface area contributed by atoms with Gasteiger partial charge in [-0.15, -0.1) is 0 Å². The first kappa shape index (κ1) is 13.9. The molecule has 0 aromatic heterocycles. The Morgan fingerprint density at radius 1 is 1.10 bits per heavy atom. The molecule has 0 heterocycles. The summed E-state index contributed by atoms with van der Waals surface area (Å²) in [5.41, 5.74) is 0.854. The van der Waals surface area contributed by atoms with Crippen molar-refractivity contribution in [2.45, 2.75) is 12.5 Å². The summed E-state index contributed by atoms with van der Waals surface area (Å²) < 4.78 is 10.6. The van der Waals surface area contributed by atoms with Gasteiger partial charge in [-0.2, -0.15) is 0 Å². The second-order valence-electron chi connectivity index (χ2n) is 4.31. The van der Waals surface area contributed by atoms with Gasteiger partial charge in [-0.25, -0.2) is 4.79 Å². The minimum atomic E-state index is -0.989. The first-order valence-electron chi connectivity index (χ1n) is 6.26. The third-order valence-electron chi connectivity index (χ3n) is 2.85. The van der Waals surface area contributed by atoms with Crippen molar-refractivity contribution in [1.29, 1.82) is 0 Å². The van der Waals surface area contributed by atoms with Crippen LogP contribution in [0.25, 0.3) is 0 Å². The molecule has 0 aliphatic carbocycles. The van der Waals surface area contributed by atoms with Crippen LogP contribution in [0.1, 0.15) is 5.56 Å². The van der Waals surface area contributed by atoms with Crippen LogP contribution in [0.2, 0.25) is 0 Å². The smallest absolute Gasteiger partial charge is 0.345 e. The van der Waals surface area contributed by atoms with E-state index in [9.17, 15) is 9.90 Å². The molecule has 4 nitrogen and oxygen atoms in total. The normalized spacial score (nSPS) is 11.7. The Hall–Kier alpha value is -2.49. The number of carboxylic acids is 1. The number of hydrogen-bond donors (Lipinski definition) is 1. The van der Waals surface area contributed by atoms with Crippen LogP contribution in [0.5, 0.6) is 11.5 Å². The molecule has 2 rings (SSSR count). The van der Waals surface area contributed by atoms with Crippen LogP contribution in [0.15, 0.2) is 54.6 Å². The maximum Gasteiger partial charge on any atom is 0.345 e. The number of para-hydroxylation sites is 1. The SMILES string of the molecule is COc1cccc(C[C@H](Oc2ccccc2)C(=O)O)c1. The van der Waals surface area contributed by atoms with Crippen molar-refractivity contribution in [3.63, 3.8) is 0 Å². The Bertz CT molecular complexity index is 566. The first-order valence-corrected chi connectivity index (χ1v) is 6.26. The van der Waals surface area contributed by atoms with Gasteiger partial charge in [-0.1, -0.05) is 30.3 Å². The third-order valence-corrected chi connectivity index (χ3v) is 2.85. The van der Waals surface area contributed by atoms with E-state index in [1.165, 1.54) is 0 Å². The maximum absolute atomic E-state index is 11.3. The van der Waals surface area contributed by atoms with Gasteiger partial charge in [0, 0.05) is 6.42 Å².